The fraction of sp³-hybridized carbons (Fsp3) is 0.154. The summed E-state index contributed by atoms with van der Waals surface area (Å²) >= 11 is 6.11. The van der Waals surface area contributed by atoms with Crippen LogP contribution in [0.1, 0.15) is 24.2 Å². The Kier molecular flexibility index (Phi) is 3.75. The summed E-state index contributed by atoms with van der Waals surface area (Å²) in [5.41, 5.74) is 1.30. The Morgan fingerprint density at radius 2 is 2.11 bits per heavy atom. The highest BCUT2D eigenvalue weighted by Crippen LogP contribution is 2.24. The molecule has 2 aromatic rings. The number of nitrogens with one attached hydrogen (secondary N) is 1. The summed E-state index contributed by atoms with van der Waals surface area (Å²) in [4.78, 5) is 8.13. The van der Waals surface area contributed by atoms with Crippen LogP contribution in [0.3, 0.4) is 0 Å². The number of hydrogen-bond donors (Lipinski definition) is 1. The first-order valence-electron chi connectivity index (χ1n) is 5.45. The predicted octanol–water partition coefficient (Wildman–Crippen LogP) is 3.17. The van der Waals surface area contributed by atoms with E-state index in [0.717, 1.165) is 5.56 Å². The SMILES string of the molecule is CC(Nc1nccc(C#N)n1)c1ccccc1Cl. The highest BCUT2D eigenvalue weighted by Gasteiger charge is 2.10. The number of hydrogen-bond acceptors (Lipinski definition) is 4. The van der Waals surface area contributed by atoms with E-state index in [2.05, 4.69) is 15.3 Å². The molecule has 0 spiro atoms. The molecule has 4 nitrogen and oxygen atoms in total. The van der Waals surface area contributed by atoms with Crippen LogP contribution >= 0.6 is 11.6 Å². The minimum absolute atomic E-state index is 0.0346. The second kappa shape index (κ2) is 5.48. The summed E-state index contributed by atoms with van der Waals surface area (Å²) in [6, 6.07) is 11.1. The number of aromatic nitrogens is 2. The van der Waals surface area contributed by atoms with Gasteiger partial charge in [-0.2, -0.15) is 5.26 Å². The Morgan fingerprint density at radius 1 is 1.33 bits per heavy atom. The average Bonchev–Trinajstić information content (AvgIpc) is 2.39. The van der Waals surface area contributed by atoms with Crippen LogP contribution in [0.15, 0.2) is 36.5 Å². The molecular weight excluding hydrogens is 248 g/mol. The van der Waals surface area contributed by atoms with Gasteiger partial charge in [0.1, 0.15) is 11.8 Å². The molecule has 1 heterocycles. The van der Waals surface area contributed by atoms with E-state index in [1.807, 2.05) is 37.3 Å². The number of anilines is 1. The fourth-order valence-corrected chi connectivity index (χ4v) is 1.89. The van der Waals surface area contributed by atoms with Gasteiger partial charge in [0.05, 0.1) is 6.04 Å². The minimum Gasteiger partial charge on any atom is -0.348 e. The zero-order valence-electron chi connectivity index (χ0n) is 9.76. The van der Waals surface area contributed by atoms with Crippen LogP contribution < -0.4 is 5.32 Å². The maximum Gasteiger partial charge on any atom is 0.224 e. The van der Waals surface area contributed by atoms with Crippen molar-refractivity contribution in [2.45, 2.75) is 13.0 Å². The van der Waals surface area contributed by atoms with Gasteiger partial charge in [-0.3, -0.25) is 0 Å². The first-order valence-corrected chi connectivity index (χ1v) is 5.82. The van der Waals surface area contributed by atoms with Gasteiger partial charge < -0.3 is 5.32 Å². The number of halogens is 1. The molecule has 1 atom stereocenters. The second-order valence-corrected chi connectivity index (χ2v) is 4.17. The van der Waals surface area contributed by atoms with Crippen LogP contribution in [0.2, 0.25) is 5.02 Å². The van der Waals surface area contributed by atoms with Crippen molar-refractivity contribution >= 4 is 17.5 Å². The monoisotopic (exact) mass is 258 g/mol. The zero-order valence-corrected chi connectivity index (χ0v) is 10.5. The molecule has 0 saturated carbocycles. The molecule has 1 N–H and O–H groups in total. The predicted molar refractivity (Wildman–Crippen MR) is 70.2 cm³/mol. The lowest BCUT2D eigenvalue weighted by molar-refractivity contribution is 0.859. The van der Waals surface area contributed by atoms with Crippen molar-refractivity contribution in [1.29, 1.82) is 5.26 Å². The number of nitriles is 1. The van der Waals surface area contributed by atoms with Crippen molar-refractivity contribution in [2.75, 3.05) is 5.32 Å². The van der Waals surface area contributed by atoms with Gasteiger partial charge in [0.25, 0.3) is 0 Å². The van der Waals surface area contributed by atoms with E-state index in [0.29, 0.717) is 16.7 Å². The quantitative estimate of drug-likeness (QED) is 0.919. The summed E-state index contributed by atoms with van der Waals surface area (Å²) in [5.74, 6) is 0.418. The summed E-state index contributed by atoms with van der Waals surface area (Å²) < 4.78 is 0. The van der Waals surface area contributed by atoms with E-state index < -0.39 is 0 Å². The van der Waals surface area contributed by atoms with Gasteiger partial charge in [-0.15, -0.1) is 0 Å². The van der Waals surface area contributed by atoms with Crippen molar-refractivity contribution in [3.8, 4) is 6.07 Å². The van der Waals surface area contributed by atoms with E-state index >= 15 is 0 Å². The maximum atomic E-state index is 8.77. The molecule has 0 aliphatic heterocycles. The fourth-order valence-electron chi connectivity index (χ4n) is 1.59. The molecule has 0 amide bonds. The van der Waals surface area contributed by atoms with E-state index in [1.165, 1.54) is 0 Å². The van der Waals surface area contributed by atoms with Crippen LogP contribution in [0, 0.1) is 11.3 Å². The third kappa shape index (κ3) is 2.76. The molecule has 2 rings (SSSR count). The first kappa shape index (κ1) is 12.3. The van der Waals surface area contributed by atoms with Gasteiger partial charge >= 0.3 is 0 Å². The second-order valence-electron chi connectivity index (χ2n) is 3.76. The van der Waals surface area contributed by atoms with Crippen LogP contribution in [0.4, 0.5) is 5.95 Å². The van der Waals surface area contributed by atoms with Gasteiger partial charge in [0.2, 0.25) is 5.95 Å². The number of benzene rings is 1. The Bertz CT molecular complexity index is 592. The molecule has 0 radical (unpaired) electrons. The molecule has 1 aromatic carbocycles. The largest absolute Gasteiger partial charge is 0.348 e. The molecule has 1 aromatic heterocycles. The van der Waals surface area contributed by atoms with Crippen molar-refractivity contribution in [3.63, 3.8) is 0 Å². The maximum absolute atomic E-state index is 8.77. The van der Waals surface area contributed by atoms with E-state index in [9.17, 15) is 0 Å². The molecule has 18 heavy (non-hydrogen) atoms. The molecule has 0 aliphatic rings. The lowest BCUT2D eigenvalue weighted by Crippen LogP contribution is -2.10. The molecule has 0 aliphatic carbocycles. The minimum atomic E-state index is -0.0346. The Labute approximate surface area is 110 Å². The summed E-state index contributed by atoms with van der Waals surface area (Å²) in [7, 11) is 0. The third-order valence-corrected chi connectivity index (χ3v) is 2.83. The van der Waals surface area contributed by atoms with Crippen molar-refractivity contribution in [3.05, 3.63) is 52.8 Å². The first-order chi connectivity index (χ1) is 8.70. The van der Waals surface area contributed by atoms with Crippen LogP contribution in [-0.4, -0.2) is 9.97 Å². The number of rotatable bonds is 3. The van der Waals surface area contributed by atoms with Crippen LogP contribution in [0.25, 0.3) is 0 Å². The molecule has 1 unspecified atom stereocenters. The van der Waals surface area contributed by atoms with Crippen molar-refractivity contribution < 1.29 is 0 Å². The van der Waals surface area contributed by atoms with Gasteiger partial charge in [0, 0.05) is 11.2 Å². The van der Waals surface area contributed by atoms with E-state index in [-0.39, 0.29) is 6.04 Å². The lowest BCUT2D eigenvalue weighted by atomic mass is 10.1. The standard InChI is InChI=1S/C13H11ClN4/c1-9(11-4-2-3-5-12(11)14)17-13-16-7-6-10(8-15)18-13/h2-7,9H,1H3,(H,16,17,18). The molecule has 5 heteroatoms. The van der Waals surface area contributed by atoms with E-state index in [1.54, 1.807) is 12.3 Å². The highest BCUT2D eigenvalue weighted by atomic mass is 35.5. The highest BCUT2D eigenvalue weighted by molar-refractivity contribution is 6.31. The van der Waals surface area contributed by atoms with Crippen LogP contribution in [0.5, 0.6) is 0 Å². The van der Waals surface area contributed by atoms with Gasteiger partial charge in [0.15, 0.2) is 0 Å². The molecule has 0 bridgehead atoms. The van der Waals surface area contributed by atoms with Crippen molar-refractivity contribution in [2.24, 2.45) is 0 Å². The number of nitrogens with zero attached hydrogens (tertiary/aromatic N) is 3. The smallest absolute Gasteiger partial charge is 0.224 e. The Morgan fingerprint density at radius 3 is 2.83 bits per heavy atom. The summed E-state index contributed by atoms with van der Waals surface area (Å²) in [5, 5.41) is 12.6. The van der Waals surface area contributed by atoms with Gasteiger partial charge in [-0.25, -0.2) is 9.97 Å². The Hall–Kier alpha value is -2.12. The van der Waals surface area contributed by atoms with Gasteiger partial charge in [-0.05, 0) is 24.6 Å². The normalized spacial score (nSPS) is 11.6. The summed E-state index contributed by atoms with van der Waals surface area (Å²) in [6.07, 6.45) is 1.55. The zero-order chi connectivity index (χ0) is 13.0. The molecule has 0 fully saturated rings. The van der Waals surface area contributed by atoms with Gasteiger partial charge in [-0.1, -0.05) is 29.8 Å². The van der Waals surface area contributed by atoms with E-state index in [4.69, 9.17) is 16.9 Å². The molecule has 0 saturated heterocycles. The Balaban J connectivity index is 2.19. The average molecular weight is 259 g/mol. The van der Waals surface area contributed by atoms with Crippen molar-refractivity contribution in [1.82, 2.24) is 9.97 Å². The van der Waals surface area contributed by atoms with Crippen LogP contribution in [-0.2, 0) is 0 Å². The third-order valence-electron chi connectivity index (χ3n) is 2.49. The molecule has 90 valence electrons. The summed E-state index contributed by atoms with van der Waals surface area (Å²) in [6.45, 7) is 1.96. The lowest BCUT2D eigenvalue weighted by Gasteiger charge is -2.15. The molecular formula is C13H11ClN4. The topological polar surface area (TPSA) is 61.6 Å².